The van der Waals surface area contributed by atoms with Crippen LogP contribution in [0.4, 0.5) is 0 Å². The summed E-state index contributed by atoms with van der Waals surface area (Å²) in [4.78, 5) is 24.7. The quantitative estimate of drug-likeness (QED) is 0.721. The van der Waals surface area contributed by atoms with Crippen molar-refractivity contribution in [3.05, 3.63) is 0 Å². The van der Waals surface area contributed by atoms with Gasteiger partial charge in [0.1, 0.15) is 0 Å². The Bertz CT molecular complexity index is 302. The van der Waals surface area contributed by atoms with E-state index in [1.54, 1.807) is 0 Å². The molecule has 16 heavy (non-hydrogen) atoms. The van der Waals surface area contributed by atoms with E-state index in [9.17, 15) is 9.59 Å². The summed E-state index contributed by atoms with van der Waals surface area (Å²) < 4.78 is 0. The molecule has 5 heteroatoms. The molecule has 0 radical (unpaired) electrons. The Morgan fingerprint density at radius 2 is 2.19 bits per heavy atom. The summed E-state index contributed by atoms with van der Waals surface area (Å²) in [5.41, 5.74) is 0. The van der Waals surface area contributed by atoms with Crippen LogP contribution >= 0.6 is 0 Å². The lowest BCUT2D eigenvalue weighted by Gasteiger charge is -2.23. The van der Waals surface area contributed by atoms with E-state index >= 15 is 0 Å². The summed E-state index contributed by atoms with van der Waals surface area (Å²) >= 11 is 0. The minimum atomic E-state index is -0.921. The van der Waals surface area contributed by atoms with Crippen molar-refractivity contribution in [3.8, 4) is 0 Å². The smallest absolute Gasteiger partial charge is 0.305 e. The molecule has 2 fully saturated rings. The summed E-state index contributed by atoms with van der Waals surface area (Å²) in [5.74, 6) is -0.954. The number of rotatable bonds is 3. The molecule has 1 amide bonds. The molecule has 2 N–H and O–H groups in total. The molecule has 1 saturated carbocycles. The van der Waals surface area contributed by atoms with E-state index in [2.05, 4.69) is 5.32 Å². The molecular formula is C11H18N2O3. The lowest BCUT2D eigenvalue weighted by Crippen LogP contribution is -2.47. The molecule has 1 aliphatic heterocycles. The second kappa shape index (κ2) is 4.41. The number of hydrogen-bond acceptors (Lipinski definition) is 3. The van der Waals surface area contributed by atoms with Crippen molar-refractivity contribution >= 4 is 11.9 Å². The fraction of sp³-hybridized carbons (Fsp3) is 0.818. The zero-order chi connectivity index (χ0) is 11.7. The molecule has 1 heterocycles. The van der Waals surface area contributed by atoms with Crippen molar-refractivity contribution in [2.24, 2.45) is 0 Å². The van der Waals surface area contributed by atoms with Crippen LogP contribution in [0.3, 0.4) is 0 Å². The van der Waals surface area contributed by atoms with Gasteiger partial charge in [-0.3, -0.25) is 9.59 Å². The maximum atomic E-state index is 12.1. The molecule has 5 nitrogen and oxygen atoms in total. The number of carbonyl (C=O) groups excluding carboxylic acids is 1. The molecule has 90 valence electrons. The third-order valence-electron chi connectivity index (χ3n) is 3.24. The number of aliphatic carboxylic acids is 1. The summed E-state index contributed by atoms with van der Waals surface area (Å²) in [6.45, 7) is 2.76. The summed E-state index contributed by atoms with van der Waals surface area (Å²) in [7, 11) is 0. The first-order valence-electron chi connectivity index (χ1n) is 5.86. The maximum absolute atomic E-state index is 12.1. The van der Waals surface area contributed by atoms with Gasteiger partial charge in [-0.05, 0) is 26.2 Å². The third-order valence-corrected chi connectivity index (χ3v) is 3.24. The highest BCUT2D eigenvalue weighted by Crippen LogP contribution is 2.29. The second-order valence-corrected chi connectivity index (χ2v) is 4.77. The van der Waals surface area contributed by atoms with Gasteiger partial charge in [0, 0.05) is 18.6 Å². The fourth-order valence-corrected chi connectivity index (χ4v) is 2.21. The molecule has 2 atom stereocenters. The van der Waals surface area contributed by atoms with Gasteiger partial charge in [-0.1, -0.05) is 0 Å². The molecule has 0 aromatic rings. The molecule has 0 aromatic heterocycles. The molecule has 0 bridgehead atoms. The van der Waals surface area contributed by atoms with Gasteiger partial charge in [-0.15, -0.1) is 0 Å². The fourth-order valence-electron chi connectivity index (χ4n) is 2.21. The lowest BCUT2D eigenvalue weighted by molar-refractivity contribution is -0.142. The van der Waals surface area contributed by atoms with Crippen LogP contribution in [-0.4, -0.2) is 46.6 Å². The Hall–Kier alpha value is -1.10. The summed E-state index contributed by atoms with van der Waals surface area (Å²) in [6.07, 6.45) is 2.92. The van der Waals surface area contributed by atoms with Crippen molar-refractivity contribution in [2.45, 2.75) is 50.7 Å². The van der Waals surface area contributed by atoms with Crippen molar-refractivity contribution in [1.82, 2.24) is 10.2 Å². The molecular weight excluding hydrogens is 208 g/mol. The van der Waals surface area contributed by atoms with Crippen LogP contribution < -0.4 is 5.32 Å². The van der Waals surface area contributed by atoms with Crippen molar-refractivity contribution in [3.63, 3.8) is 0 Å². The van der Waals surface area contributed by atoms with E-state index < -0.39 is 12.0 Å². The minimum Gasteiger partial charge on any atom is -0.481 e. The zero-order valence-corrected chi connectivity index (χ0v) is 9.48. The Morgan fingerprint density at radius 3 is 2.75 bits per heavy atom. The van der Waals surface area contributed by atoms with Crippen LogP contribution in [0.2, 0.25) is 0 Å². The summed E-state index contributed by atoms with van der Waals surface area (Å²) in [6, 6.07) is 0.0311. The Morgan fingerprint density at radius 1 is 1.50 bits per heavy atom. The van der Waals surface area contributed by atoms with E-state index in [-0.39, 0.29) is 18.4 Å². The van der Waals surface area contributed by atoms with E-state index in [0.717, 1.165) is 25.8 Å². The van der Waals surface area contributed by atoms with Crippen LogP contribution in [0, 0.1) is 0 Å². The number of carboxylic acids is 1. The van der Waals surface area contributed by atoms with Crippen molar-refractivity contribution in [2.75, 3.05) is 6.54 Å². The molecule has 1 saturated heterocycles. The van der Waals surface area contributed by atoms with Gasteiger partial charge in [-0.2, -0.15) is 0 Å². The van der Waals surface area contributed by atoms with Gasteiger partial charge in [0.25, 0.3) is 0 Å². The molecule has 2 rings (SSSR count). The van der Waals surface area contributed by atoms with Crippen molar-refractivity contribution in [1.29, 1.82) is 0 Å². The Labute approximate surface area is 94.8 Å². The number of hydrogen-bond donors (Lipinski definition) is 2. The van der Waals surface area contributed by atoms with Crippen LogP contribution in [-0.2, 0) is 9.59 Å². The number of amides is 1. The number of carbonyl (C=O) groups is 2. The predicted octanol–water partition coefficient (Wildman–Crippen LogP) is 0.203. The van der Waals surface area contributed by atoms with Crippen LogP contribution in [0.1, 0.15) is 32.6 Å². The monoisotopic (exact) mass is 226 g/mol. The first-order valence-corrected chi connectivity index (χ1v) is 5.86. The Balaban J connectivity index is 2.07. The number of nitrogens with zero attached hydrogens (tertiary/aromatic N) is 1. The predicted molar refractivity (Wildman–Crippen MR) is 58.0 cm³/mol. The molecule has 2 unspecified atom stereocenters. The van der Waals surface area contributed by atoms with E-state index in [1.165, 1.54) is 0 Å². The van der Waals surface area contributed by atoms with Gasteiger partial charge in [0.05, 0.1) is 12.5 Å². The molecule has 1 aliphatic carbocycles. The number of carboxylic acid groups (broad SMARTS) is 1. The normalized spacial score (nSPS) is 31.3. The summed E-state index contributed by atoms with van der Waals surface area (Å²) in [5, 5.41) is 11.9. The van der Waals surface area contributed by atoms with Crippen LogP contribution in [0.5, 0.6) is 0 Å². The average Bonchev–Trinajstić information content (AvgIpc) is 2.98. The highest BCUT2D eigenvalue weighted by Gasteiger charge is 2.38. The van der Waals surface area contributed by atoms with Crippen LogP contribution in [0.25, 0.3) is 0 Å². The van der Waals surface area contributed by atoms with Gasteiger partial charge in [0.2, 0.25) is 5.91 Å². The standard InChI is InChI=1S/C11H18N2O3/c1-7-4-5-13(8-2-3-8)11(16)9(12-7)6-10(14)15/h7-9,12H,2-6H2,1H3,(H,14,15). The lowest BCUT2D eigenvalue weighted by atomic mass is 10.1. The highest BCUT2D eigenvalue weighted by molar-refractivity contribution is 5.87. The average molecular weight is 226 g/mol. The Kier molecular flexibility index (Phi) is 3.14. The minimum absolute atomic E-state index is 0.0331. The molecule has 2 aliphatic rings. The maximum Gasteiger partial charge on any atom is 0.305 e. The largest absolute Gasteiger partial charge is 0.481 e. The van der Waals surface area contributed by atoms with E-state index in [4.69, 9.17) is 5.11 Å². The van der Waals surface area contributed by atoms with Crippen LogP contribution in [0.15, 0.2) is 0 Å². The molecule has 0 spiro atoms. The first-order chi connectivity index (χ1) is 7.58. The third kappa shape index (κ3) is 2.52. The first kappa shape index (κ1) is 11.4. The van der Waals surface area contributed by atoms with Gasteiger partial charge in [-0.25, -0.2) is 0 Å². The van der Waals surface area contributed by atoms with Crippen molar-refractivity contribution < 1.29 is 14.7 Å². The number of nitrogens with one attached hydrogen (secondary N) is 1. The van der Waals surface area contributed by atoms with Gasteiger partial charge < -0.3 is 15.3 Å². The second-order valence-electron chi connectivity index (χ2n) is 4.77. The van der Waals surface area contributed by atoms with Gasteiger partial charge in [0.15, 0.2) is 0 Å². The highest BCUT2D eigenvalue weighted by atomic mass is 16.4. The van der Waals surface area contributed by atoms with E-state index in [1.807, 2.05) is 11.8 Å². The van der Waals surface area contributed by atoms with E-state index in [0.29, 0.717) is 6.04 Å². The van der Waals surface area contributed by atoms with Gasteiger partial charge >= 0.3 is 5.97 Å². The topological polar surface area (TPSA) is 69.6 Å². The zero-order valence-electron chi connectivity index (χ0n) is 9.48. The molecule has 0 aromatic carbocycles. The SMILES string of the molecule is CC1CCN(C2CC2)C(=O)C(CC(=O)O)N1.